The lowest BCUT2D eigenvalue weighted by atomic mass is 10.3. The van der Waals surface area contributed by atoms with Gasteiger partial charge in [-0.2, -0.15) is 4.31 Å². The van der Waals surface area contributed by atoms with Crippen LogP contribution in [0.25, 0.3) is 0 Å². The lowest BCUT2D eigenvalue weighted by Gasteiger charge is -2.34. The highest BCUT2D eigenvalue weighted by molar-refractivity contribution is 7.91. The molecular weight excluding hydrogens is 531 g/mol. The number of aromatic nitrogens is 4. The summed E-state index contributed by atoms with van der Waals surface area (Å²) >= 11 is 1.24. The number of imidazole rings is 1. The summed E-state index contributed by atoms with van der Waals surface area (Å²) in [5, 5.41) is 0.748. The molecule has 0 saturated carbocycles. The maximum atomic E-state index is 13.3. The van der Waals surface area contributed by atoms with Crippen molar-refractivity contribution < 1.29 is 17.5 Å². The molecule has 5 rings (SSSR count). The van der Waals surface area contributed by atoms with Gasteiger partial charge in [0.1, 0.15) is 12.4 Å². The number of hydrogen-bond acceptors (Lipinski definition) is 10. The van der Waals surface area contributed by atoms with E-state index in [2.05, 4.69) is 36.2 Å². The Morgan fingerprint density at radius 2 is 1.82 bits per heavy atom. The van der Waals surface area contributed by atoms with Crippen LogP contribution < -0.4 is 9.64 Å². The van der Waals surface area contributed by atoms with Gasteiger partial charge in [0.15, 0.2) is 9.34 Å². The van der Waals surface area contributed by atoms with Crippen LogP contribution in [-0.2, 0) is 23.1 Å². The van der Waals surface area contributed by atoms with Gasteiger partial charge < -0.3 is 19.1 Å². The summed E-state index contributed by atoms with van der Waals surface area (Å²) in [5.41, 5.74) is 1.01. The van der Waals surface area contributed by atoms with Crippen molar-refractivity contribution in [2.75, 3.05) is 63.9 Å². The van der Waals surface area contributed by atoms with Crippen molar-refractivity contribution >= 4 is 26.5 Å². The van der Waals surface area contributed by atoms with Crippen LogP contribution >= 0.6 is 11.3 Å². The average molecular weight is 563 g/mol. The zero-order valence-electron chi connectivity index (χ0n) is 21.0. The Balaban J connectivity index is 1.11. The lowest BCUT2D eigenvalue weighted by molar-refractivity contribution is 0.177. The first-order valence-electron chi connectivity index (χ1n) is 12.5. The van der Waals surface area contributed by atoms with E-state index >= 15 is 0 Å². The number of halogens is 1. The van der Waals surface area contributed by atoms with Crippen LogP contribution in [0, 0.1) is 5.82 Å². The minimum absolute atomic E-state index is 0.292. The Morgan fingerprint density at radius 1 is 1.03 bits per heavy atom. The van der Waals surface area contributed by atoms with E-state index < -0.39 is 15.8 Å². The van der Waals surface area contributed by atoms with Crippen molar-refractivity contribution in [1.82, 2.24) is 33.6 Å². The Hall–Kier alpha value is -3.07. The van der Waals surface area contributed by atoms with Crippen LogP contribution in [0.5, 0.6) is 5.88 Å². The van der Waals surface area contributed by atoms with Gasteiger partial charge in [0.2, 0.25) is 5.88 Å². The highest BCUT2D eigenvalue weighted by atomic mass is 32.2. The molecule has 0 spiro atoms. The zero-order valence-corrected chi connectivity index (χ0v) is 22.7. The summed E-state index contributed by atoms with van der Waals surface area (Å²) in [6.07, 6.45) is 8.01. The van der Waals surface area contributed by atoms with E-state index in [4.69, 9.17) is 4.74 Å². The van der Waals surface area contributed by atoms with E-state index in [1.807, 2.05) is 17.0 Å². The summed E-state index contributed by atoms with van der Waals surface area (Å²) in [6.45, 7) is 10.8. The van der Waals surface area contributed by atoms with Crippen molar-refractivity contribution in [3.63, 3.8) is 0 Å². The van der Waals surface area contributed by atoms with E-state index in [1.165, 1.54) is 29.7 Å². The number of hydrogen-bond donors (Lipinski definition) is 0. The van der Waals surface area contributed by atoms with E-state index in [-0.39, 0.29) is 0 Å². The minimum Gasteiger partial charge on any atom is -0.476 e. The van der Waals surface area contributed by atoms with Gasteiger partial charge in [-0.1, -0.05) is 17.9 Å². The first kappa shape index (κ1) is 26.5. The lowest BCUT2D eigenvalue weighted by Crippen LogP contribution is -2.48. The van der Waals surface area contributed by atoms with Gasteiger partial charge in [-0.15, -0.1) is 0 Å². The second-order valence-corrected chi connectivity index (χ2v) is 12.3. The van der Waals surface area contributed by atoms with Gasteiger partial charge in [0.25, 0.3) is 10.0 Å². The molecule has 3 aromatic rings. The van der Waals surface area contributed by atoms with Gasteiger partial charge in [-0.3, -0.25) is 4.90 Å². The molecule has 204 valence electrons. The number of nitrogens with zero attached hydrogens (tertiary/aromatic N) is 8. The molecule has 14 heteroatoms. The van der Waals surface area contributed by atoms with Crippen molar-refractivity contribution in [2.24, 2.45) is 0 Å². The molecular formula is C24H31FN8O3S2. The normalized spacial score (nSPS) is 17.6. The number of piperazine rings is 2. The predicted octanol–water partition coefficient (Wildman–Crippen LogP) is 1.72. The standard InChI is InChI=1S/C24H31FN8O3S2/c1-2-29-5-9-31(10-6-29)24-28-17-23(37-24)38(34,35)33-11-7-30(8-12-33)18-21-16-26-19-32(21)13-14-36-22-4-3-20(25)15-27-22/h2-4,15-17,19H,1,5-14,18H2. The van der Waals surface area contributed by atoms with Crippen molar-refractivity contribution in [3.05, 3.63) is 61.3 Å². The van der Waals surface area contributed by atoms with Crippen molar-refractivity contribution in [3.8, 4) is 5.88 Å². The number of sulfonamides is 1. The number of rotatable bonds is 10. The Morgan fingerprint density at radius 3 is 2.53 bits per heavy atom. The molecule has 11 nitrogen and oxygen atoms in total. The topological polar surface area (TPSA) is 99.9 Å². The van der Waals surface area contributed by atoms with E-state index in [1.54, 1.807) is 10.6 Å². The molecule has 2 saturated heterocycles. The van der Waals surface area contributed by atoms with Crippen LogP contribution in [0.2, 0.25) is 0 Å². The molecule has 0 aromatic carbocycles. The first-order chi connectivity index (χ1) is 18.4. The molecule has 0 bridgehead atoms. The molecule has 2 fully saturated rings. The fourth-order valence-electron chi connectivity index (χ4n) is 4.47. The smallest absolute Gasteiger partial charge is 0.254 e. The third-order valence-corrected chi connectivity index (χ3v) is 10.1. The van der Waals surface area contributed by atoms with Gasteiger partial charge in [-0.25, -0.2) is 27.8 Å². The molecule has 0 unspecified atom stereocenters. The molecule has 0 N–H and O–H groups in total. The molecule has 2 aliphatic rings. The molecule has 0 atom stereocenters. The number of ether oxygens (including phenoxy) is 1. The monoisotopic (exact) mass is 562 g/mol. The Labute approximate surface area is 225 Å². The number of thiazole rings is 1. The van der Waals surface area contributed by atoms with E-state index in [0.717, 1.165) is 43.2 Å². The second kappa shape index (κ2) is 11.8. The van der Waals surface area contributed by atoms with Crippen LogP contribution in [0.4, 0.5) is 9.52 Å². The zero-order chi connectivity index (χ0) is 26.5. The molecule has 0 amide bonds. The number of anilines is 1. The van der Waals surface area contributed by atoms with Gasteiger partial charge in [0.05, 0.1) is 31.0 Å². The highest BCUT2D eigenvalue weighted by Crippen LogP contribution is 2.29. The maximum absolute atomic E-state index is 13.3. The van der Waals surface area contributed by atoms with Gasteiger partial charge in [-0.05, 0) is 12.3 Å². The first-order valence-corrected chi connectivity index (χ1v) is 14.7. The molecule has 38 heavy (non-hydrogen) atoms. The molecule has 3 aromatic heterocycles. The van der Waals surface area contributed by atoms with Crippen LogP contribution in [0.1, 0.15) is 5.69 Å². The molecule has 2 aliphatic heterocycles. The summed E-state index contributed by atoms with van der Waals surface area (Å²) in [5.74, 6) is -0.0363. The van der Waals surface area contributed by atoms with E-state index in [0.29, 0.717) is 56.0 Å². The maximum Gasteiger partial charge on any atom is 0.254 e. The second-order valence-electron chi connectivity index (χ2n) is 9.09. The van der Waals surface area contributed by atoms with Crippen molar-refractivity contribution in [1.29, 1.82) is 0 Å². The summed E-state index contributed by atoms with van der Waals surface area (Å²) < 4.78 is 49.0. The highest BCUT2D eigenvalue weighted by Gasteiger charge is 2.31. The van der Waals surface area contributed by atoms with Gasteiger partial charge in [0, 0.05) is 71.2 Å². The quantitative estimate of drug-likeness (QED) is 0.366. The summed E-state index contributed by atoms with van der Waals surface area (Å²) in [6, 6.07) is 2.80. The van der Waals surface area contributed by atoms with Crippen LogP contribution in [0.3, 0.4) is 0 Å². The summed E-state index contributed by atoms with van der Waals surface area (Å²) in [7, 11) is -3.58. The number of pyridine rings is 1. The fourth-order valence-corrected chi connectivity index (χ4v) is 7.22. The fraction of sp³-hybridized carbons (Fsp3) is 0.458. The SMILES string of the molecule is C=CN1CCN(c2ncc(S(=O)(=O)N3CCN(Cc4cncn4CCOc4ccc(F)cn4)CC3)s2)CC1. The molecule has 0 aliphatic carbocycles. The van der Waals surface area contributed by atoms with Crippen LogP contribution in [0.15, 0.2) is 54.0 Å². The Bertz CT molecular complexity index is 1310. The predicted molar refractivity (Wildman–Crippen MR) is 142 cm³/mol. The molecule has 0 radical (unpaired) electrons. The Kier molecular flexibility index (Phi) is 8.21. The van der Waals surface area contributed by atoms with Gasteiger partial charge >= 0.3 is 0 Å². The minimum atomic E-state index is -3.58. The molecule has 5 heterocycles. The van der Waals surface area contributed by atoms with Crippen LogP contribution in [-0.4, -0.2) is 101 Å². The third kappa shape index (κ3) is 6.14. The average Bonchev–Trinajstić information content (AvgIpc) is 3.61. The third-order valence-electron chi connectivity index (χ3n) is 6.71. The van der Waals surface area contributed by atoms with Crippen molar-refractivity contribution in [2.45, 2.75) is 17.3 Å². The largest absolute Gasteiger partial charge is 0.476 e. The van der Waals surface area contributed by atoms with E-state index in [9.17, 15) is 12.8 Å². The summed E-state index contributed by atoms with van der Waals surface area (Å²) in [4.78, 5) is 19.1.